The number of hydrogen-bond donors (Lipinski definition) is 0. The summed E-state index contributed by atoms with van der Waals surface area (Å²) in [4.78, 5) is 16.3. The molecule has 0 radical (unpaired) electrons. The molecule has 0 aliphatic heterocycles. The Labute approximate surface area is 99.8 Å². The van der Waals surface area contributed by atoms with Gasteiger partial charge in [-0.2, -0.15) is 0 Å². The summed E-state index contributed by atoms with van der Waals surface area (Å²) in [5.74, 6) is -0.327. The summed E-state index contributed by atoms with van der Waals surface area (Å²) in [6, 6.07) is 7.55. The van der Waals surface area contributed by atoms with Gasteiger partial charge in [-0.15, -0.1) is 11.3 Å². The van der Waals surface area contributed by atoms with Crippen molar-refractivity contribution in [3.05, 3.63) is 58.2 Å². The zero-order valence-corrected chi connectivity index (χ0v) is 9.45. The first-order chi connectivity index (χ1) is 8.25. The molecular weight excluding hydrogens is 239 g/mol. The lowest BCUT2D eigenvalue weighted by molar-refractivity contribution is 0.627. The second-order valence-electron chi connectivity index (χ2n) is 3.53. The molecule has 0 aliphatic carbocycles. The van der Waals surface area contributed by atoms with Crippen molar-refractivity contribution in [1.29, 1.82) is 0 Å². The van der Waals surface area contributed by atoms with E-state index < -0.39 is 0 Å². The van der Waals surface area contributed by atoms with Crippen molar-refractivity contribution >= 4 is 21.6 Å². The molecule has 3 rings (SSSR count). The molecule has 2 aromatic heterocycles. The number of nitrogens with zero attached hydrogens (tertiary/aromatic N) is 2. The van der Waals surface area contributed by atoms with Crippen LogP contribution in [0.4, 0.5) is 4.39 Å². The zero-order valence-electron chi connectivity index (χ0n) is 8.63. The van der Waals surface area contributed by atoms with Crippen molar-refractivity contribution in [3.63, 3.8) is 0 Å². The largest absolute Gasteiger partial charge is 0.275 e. The molecule has 0 aliphatic rings. The van der Waals surface area contributed by atoms with Gasteiger partial charge in [-0.05, 0) is 35.7 Å². The van der Waals surface area contributed by atoms with E-state index in [2.05, 4.69) is 4.98 Å². The van der Waals surface area contributed by atoms with Gasteiger partial charge in [-0.3, -0.25) is 9.36 Å². The third kappa shape index (κ3) is 1.64. The fourth-order valence-corrected chi connectivity index (χ4v) is 2.41. The maximum Gasteiger partial charge on any atom is 0.275 e. The quantitative estimate of drug-likeness (QED) is 0.661. The predicted octanol–water partition coefficient (Wildman–Crippen LogP) is 2.59. The Balaban J connectivity index is 2.27. The molecule has 0 atom stereocenters. The number of fused-ring (bicyclic) bond motifs is 1. The first-order valence-electron chi connectivity index (χ1n) is 4.96. The highest BCUT2D eigenvalue weighted by molar-refractivity contribution is 7.17. The van der Waals surface area contributed by atoms with Crippen LogP contribution >= 0.6 is 11.3 Å². The van der Waals surface area contributed by atoms with E-state index in [1.54, 1.807) is 18.2 Å². The van der Waals surface area contributed by atoms with Crippen molar-refractivity contribution in [1.82, 2.24) is 9.55 Å². The molecule has 17 heavy (non-hydrogen) atoms. The van der Waals surface area contributed by atoms with E-state index in [4.69, 9.17) is 0 Å². The summed E-state index contributed by atoms with van der Waals surface area (Å²) in [6.07, 6.45) is 1.46. The van der Waals surface area contributed by atoms with Gasteiger partial charge in [0.25, 0.3) is 5.56 Å². The van der Waals surface area contributed by atoms with E-state index in [1.807, 2.05) is 5.38 Å². The van der Waals surface area contributed by atoms with Crippen LogP contribution in [0, 0.1) is 5.82 Å². The van der Waals surface area contributed by atoms with Gasteiger partial charge in [0.2, 0.25) is 0 Å². The molecule has 0 spiro atoms. The maximum absolute atomic E-state index is 12.8. The third-order valence-electron chi connectivity index (χ3n) is 2.47. The van der Waals surface area contributed by atoms with Crippen LogP contribution in [0.1, 0.15) is 0 Å². The van der Waals surface area contributed by atoms with Gasteiger partial charge in [0, 0.05) is 0 Å². The second kappa shape index (κ2) is 3.78. The highest BCUT2D eigenvalue weighted by atomic mass is 32.1. The lowest BCUT2D eigenvalue weighted by Crippen LogP contribution is -2.17. The minimum atomic E-state index is -0.327. The van der Waals surface area contributed by atoms with E-state index >= 15 is 0 Å². The van der Waals surface area contributed by atoms with Crippen LogP contribution in [0.2, 0.25) is 0 Å². The molecular formula is C12H7FN2OS. The Hall–Kier alpha value is -2.01. The van der Waals surface area contributed by atoms with Crippen molar-refractivity contribution in [2.75, 3.05) is 0 Å². The predicted molar refractivity (Wildman–Crippen MR) is 65.2 cm³/mol. The number of benzene rings is 1. The van der Waals surface area contributed by atoms with Crippen LogP contribution < -0.4 is 5.56 Å². The molecule has 0 saturated carbocycles. The Bertz CT molecular complexity index is 730. The van der Waals surface area contributed by atoms with E-state index in [1.165, 1.54) is 34.4 Å². The Kier molecular flexibility index (Phi) is 2.26. The number of thiophene rings is 1. The van der Waals surface area contributed by atoms with Crippen molar-refractivity contribution in [2.24, 2.45) is 0 Å². The summed E-state index contributed by atoms with van der Waals surface area (Å²) in [6.45, 7) is 0. The zero-order chi connectivity index (χ0) is 11.8. The molecule has 0 saturated heterocycles. The van der Waals surface area contributed by atoms with E-state index in [9.17, 15) is 9.18 Å². The van der Waals surface area contributed by atoms with Crippen LogP contribution in [-0.2, 0) is 0 Å². The van der Waals surface area contributed by atoms with Crippen LogP contribution in [0.15, 0.2) is 46.8 Å². The number of halogens is 1. The van der Waals surface area contributed by atoms with Crippen LogP contribution in [0.25, 0.3) is 15.9 Å². The molecule has 84 valence electrons. The fraction of sp³-hybridized carbons (Fsp3) is 0. The molecule has 5 heteroatoms. The van der Waals surface area contributed by atoms with Crippen molar-refractivity contribution in [2.45, 2.75) is 0 Å². The van der Waals surface area contributed by atoms with Crippen molar-refractivity contribution < 1.29 is 4.39 Å². The molecule has 0 unspecified atom stereocenters. The average molecular weight is 246 g/mol. The number of rotatable bonds is 1. The summed E-state index contributed by atoms with van der Waals surface area (Å²) in [5.41, 5.74) is 1.18. The van der Waals surface area contributed by atoms with Gasteiger partial charge < -0.3 is 0 Å². The minimum absolute atomic E-state index is 0.128. The molecule has 3 aromatic rings. The third-order valence-corrected chi connectivity index (χ3v) is 3.37. The number of hydrogen-bond acceptors (Lipinski definition) is 3. The Morgan fingerprint density at radius 3 is 2.71 bits per heavy atom. The normalized spacial score (nSPS) is 10.9. The second-order valence-corrected chi connectivity index (χ2v) is 4.45. The van der Waals surface area contributed by atoms with Crippen LogP contribution in [-0.4, -0.2) is 9.55 Å². The maximum atomic E-state index is 12.8. The Morgan fingerprint density at radius 1 is 1.18 bits per heavy atom. The first kappa shape index (κ1) is 10.2. The lowest BCUT2D eigenvalue weighted by atomic mass is 10.3. The molecule has 2 heterocycles. The van der Waals surface area contributed by atoms with Gasteiger partial charge >= 0.3 is 0 Å². The topological polar surface area (TPSA) is 34.9 Å². The summed E-state index contributed by atoms with van der Waals surface area (Å²) in [5, 5.41) is 1.83. The van der Waals surface area contributed by atoms with Gasteiger partial charge in [0.15, 0.2) is 0 Å². The average Bonchev–Trinajstić information content (AvgIpc) is 2.80. The standard InChI is InChI=1S/C12H7FN2OS/c13-8-1-3-9(4-2-8)15-7-14-10-5-6-17-11(10)12(15)16/h1-7H. The highest BCUT2D eigenvalue weighted by Gasteiger charge is 2.06. The van der Waals surface area contributed by atoms with Gasteiger partial charge in [0.1, 0.15) is 16.8 Å². The molecule has 3 nitrogen and oxygen atoms in total. The SMILES string of the molecule is O=c1c2sccc2ncn1-c1ccc(F)cc1. The van der Waals surface area contributed by atoms with Crippen LogP contribution in [0.5, 0.6) is 0 Å². The molecule has 0 N–H and O–H groups in total. The summed E-state index contributed by atoms with van der Waals surface area (Å²) >= 11 is 1.36. The van der Waals surface area contributed by atoms with Crippen LogP contribution in [0.3, 0.4) is 0 Å². The summed E-state index contributed by atoms with van der Waals surface area (Å²) < 4.78 is 14.8. The van der Waals surface area contributed by atoms with E-state index in [0.29, 0.717) is 15.9 Å². The van der Waals surface area contributed by atoms with E-state index in [0.717, 1.165) is 0 Å². The molecule has 0 fully saturated rings. The van der Waals surface area contributed by atoms with E-state index in [-0.39, 0.29) is 11.4 Å². The lowest BCUT2D eigenvalue weighted by Gasteiger charge is -2.04. The molecule has 1 aromatic carbocycles. The monoisotopic (exact) mass is 246 g/mol. The van der Waals surface area contributed by atoms with Gasteiger partial charge in [-0.25, -0.2) is 9.37 Å². The first-order valence-corrected chi connectivity index (χ1v) is 5.84. The summed E-state index contributed by atoms with van der Waals surface area (Å²) in [7, 11) is 0. The Morgan fingerprint density at radius 2 is 1.94 bits per heavy atom. The fourth-order valence-electron chi connectivity index (χ4n) is 1.63. The van der Waals surface area contributed by atoms with Gasteiger partial charge in [0.05, 0.1) is 11.2 Å². The highest BCUT2D eigenvalue weighted by Crippen LogP contribution is 2.15. The molecule has 0 amide bonds. The smallest absolute Gasteiger partial charge is 0.267 e. The van der Waals surface area contributed by atoms with Crippen molar-refractivity contribution in [3.8, 4) is 5.69 Å². The van der Waals surface area contributed by atoms with Gasteiger partial charge in [-0.1, -0.05) is 0 Å². The number of aromatic nitrogens is 2. The molecule has 0 bridgehead atoms. The minimum Gasteiger partial charge on any atom is -0.267 e.